The molecule has 3 heterocycles. The van der Waals surface area contributed by atoms with E-state index in [1.807, 2.05) is 42.6 Å². The monoisotopic (exact) mass is 477 g/mol. The lowest BCUT2D eigenvalue weighted by Gasteiger charge is -2.33. The van der Waals surface area contributed by atoms with Gasteiger partial charge in [-0.15, -0.1) is 5.10 Å². The van der Waals surface area contributed by atoms with Crippen molar-refractivity contribution in [1.82, 2.24) is 35.1 Å². The van der Waals surface area contributed by atoms with E-state index in [-0.39, 0.29) is 17.5 Å². The molecule has 0 aliphatic carbocycles. The average molecular weight is 478 g/mol. The summed E-state index contributed by atoms with van der Waals surface area (Å²) in [6.45, 7) is 6.27. The molecule has 10 nitrogen and oxygen atoms in total. The fourth-order valence-electron chi connectivity index (χ4n) is 4.32. The first-order chi connectivity index (χ1) is 17.0. The molecule has 4 rings (SSSR count). The van der Waals surface area contributed by atoms with Gasteiger partial charge < -0.3 is 14.5 Å². The Morgan fingerprint density at radius 3 is 2.71 bits per heavy atom. The lowest BCUT2D eigenvalue weighted by atomic mass is 9.99. The fourth-order valence-corrected chi connectivity index (χ4v) is 4.32. The van der Waals surface area contributed by atoms with E-state index in [4.69, 9.17) is 9.47 Å². The number of hydrogen-bond donors (Lipinski definition) is 1. The van der Waals surface area contributed by atoms with Crippen LogP contribution >= 0.6 is 0 Å². The van der Waals surface area contributed by atoms with Crippen LogP contribution in [0.5, 0.6) is 5.75 Å². The van der Waals surface area contributed by atoms with Crippen molar-refractivity contribution in [1.29, 1.82) is 0 Å². The van der Waals surface area contributed by atoms with E-state index in [2.05, 4.69) is 44.2 Å². The zero-order chi connectivity index (χ0) is 24.8. The molecule has 0 spiro atoms. The molecule has 35 heavy (non-hydrogen) atoms. The van der Waals surface area contributed by atoms with Gasteiger partial charge in [0.1, 0.15) is 5.75 Å². The lowest BCUT2D eigenvalue weighted by Crippen LogP contribution is -2.35. The summed E-state index contributed by atoms with van der Waals surface area (Å²) >= 11 is 0. The minimum absolute atomic E-state index is 0.125. The highest BCUT2D eigenvalue weighted by Gasteiger charge is 2.30. The predicted molar refractivity (Wildman–Crippen MR) is 132 cm³/mol. The van der Waals surface area contributed by atoms with E-state index in [0.717, 1.165) is 28.0 Å². The Morgan fingerprint density at radius 1 is 1.14 bits per heavy atom. The molecule has 1 N–H and O–H groups in total. The van der Waals surface area contributed by atoms with Crippen molar-refractivity contribution in [3.05, 3.63) is 76.1 Å². The van der Waals surface area contributed by atoms with Crippen LogP contribution in [-0.4, -0.2) is 55.9 Å². The second kappa shape index (κ2) is 11.2. The molecular weight excluding hydrogens is 446 g/mol. The maximum absolute atomic E-state index is 13.1. The number of hydrogen-bond acceptors (Lipinski definition) is 8. The maximum atomic E-state index is 13.1. The molecule has 3 aromatic heterocycles. The van der Waals surface area contributed by atoms with Crippen LogP contribution in [0.1, 0.15) is 36.8 Å². The standard InChI is InChI=1S/C25H31N7O3/c1-17(2)23(24-28-29-30-32(24)10-11-34-3)31(15-18-6-5-9-26-14-18)16-20-12-19-13-21(35-4)7-8-22(19)27-25(20)33/h5-9,12-14,17,23H,10-11,15-16H2,1-4H3,(H,27,33). The zero-order valence-corrected chi connectivity index (χ0v) is 20.5. The van der Waals surface area contributed by atoms with Crippen molar-refractivity contribution in [3.8, 4) is 5.75 Å². The number of rotatable bonds is 11. The first kappa shape index (κ1) is 24.5. The first-order valence-electron chi connectivity index (χ1n) is 11.6. The van der Waals surface area contributed by atoms with Crippen LogP contribution in [0.3, 0.4) is 0 Å². The number of tetrazole rings is 1. The highest BCUT2D eigenvalue weighted by molar-refractivity contribution is 5.80. The summed E-state index contributed by atoms with van der Waals surface area (Å²) in [7, 11) is 3.28. The Kier molecular flexibility index (Phi) is 7.84. The molecule has 0 saturated heterocycles. The summed E-state index contributed by atoms with van der Waals surface area (Å²) in [5.41, 5.74) is 2.33. The molecule has 0 saturated carbocycles. The molecule has 1 atom stereocenters. The third-order valence-electron chi connectivity index (χ3n) is 5.97. The number of ether oxygens (including phenoxy) is 2. The third-order valence-corrected chi connectivity index (χ3v) is 5.97. The topological polar surface area (TPSA) is 111 Å². The van der Waals surface area contributed by atoms with Crippen LogP contribution in [-0.2, 0) is 24.4 Å². The second-order valence-electron chi connectivity index (χ2n) is 8.79. The molecule has 4 aromatic rings. The SMILES string of the molecule is COCCn1nnnc1C(C(C)C)N(Cc1cccnc1)Cc1cc2cc(OC)ccc2[nH]c1=O. The molecule has 0 amide bonds. The number of H-pyrrole nitrogens is 1. The van der Waals surface area contributed by atoms with Gasteiger partial charge in [0, 0.05) is 49.1 Å². The average Bonchev–Trinajstić information content (AvgIpc) is 3.31. The molecule has 0 bridgehead atoms. The van der Waals surface area contributed by atoms with Crippen LogP contribution < -0.4 is 10.3 Å². The van der Waals surface area contributed by atoms with Gasteiger partial charge in [0.2, 0.25) is 0 Å². The number of aromatic amines is 1. The number of fused-ring (bicyclic) bond motifs is 1. The Balaban J connectivity index is 1.76. The minimum Gasteiger partial charge on any atom is -0.497 e. The van der Waals surface area contributed by atoms with E-state index < -0.39 is 0 Å². The second-order valence-corrected chi connectivity index (χ2v) is 8.79. The van der Waals surface area contributed by atoms with Crippen LogP contribution in [0.15, 0.2) is 53.6 Å². The van der Waals surface area contributed by atoms with Gasteiger partial charge in [-0.1, -0.05) is 19.9 Å². The highest BCUT2D eigenvalue weighted by Crippen LogP contribution is 2.30. The first-order valence-corrected chi connectivity index (χ1v) is 11.6. The van der Waals surface area contributed by atoms with Crippen molar-refractivity contribution < 1.29 is 9.47 Å². The van der Waals surface area contributed by atoms with Gasteiger partial charge in [-0.25, -0.2) is 4.68 Å². The van der Waals surface area contributed by atoms with E-state index in [9.17, 15) is 4.79 Å². The van der Waals surface area contributed by atoms with E-state index in [1.54, 1.807) is 25.1 Å². The van der Waals surface area contributed by atoms with Gasteiger partial charge in [-0.3, -0.25) is 14.7 Å². The normalized spacial score (nSPS) is 12.5. The van der Waals surface area contributed by atoms with E-state index in [0.29, 0.717) is 31.8 Å². The number of aromatic nitrogens is 6. The fraction of sp³-hybridized carbons (Fsp3) is 0.400. The van der Waals surface area contributed by atoms with Gasteiger partial charge in [0.25, 0.3) is 5.56 Å². The number of methoxy groups -OCH3 is 2. The Hall–Kier alpha value is -3.63. The summed E-state index contributed by atoms with van der Waals surface area (Å²) < 4.78 is 12.4. The van der Waals surface area contributed by atoms with Gasteiger partial charge in [0.05, 0.1) is 26.3 Å². The summed E-state index contributed by atoms with van der Waals surface area (Å²) in [5, 5.41) is 13.4. The Bertz CT molecular complexity index is 1300. The number of pyridine rings is 2. The molecule has 0 radical (unpaired) electrons. The van der Waals surface area contributed by atoms with Crippen molar-refractivity contribution in [3.63, 3.8) is 0 Å². The van der Waals surface area contributed by atoms with Crippen molar-refractivity contribution in [2.24, 2.45) is 5.92 Å². The quantitative estimate of drug-likeness (QED) is 0.351. The molecule has 0 aliphatic rings. The van der Waals surface area contributed by atoms with Crippen LogP contribution in [0.4, 0.5) is 0 Å². The van der Waals surface area contributed by atoms with Crippen molar-refractivity contribution in [2.75, 3.05) is 20.8 Å². The van der Waals surface area contributed by atoms with E-state index >= 15 is 0 Å². The van der Waals surface area contributed by atoms with Gasteiger partial charge in [-0.05, 0) is 52.2 Å². The number of nitrogens with zero attached hydrogens (tertiary/aromatic N) is 6. The van der Waals surface area contributed by atoms with Gasteiger partial charge in [0.15, 0.2) is 5.82 Å². The molecule has 10 heteroatoms. The van der Waals surface area contributed by atoms with Gasteiger partial charge >= 0.3 is 0 Å². The summed E-state index contributed by atoms with van der Waals surface area (Å²) in [4.78, 5) is 22.6. The summed E-state index contributed by atoms with van der Waals surface area (Å²) in [5.74, 6) is 1.64. The maximum Gasteiger partial charge on any atom is 0.252 e. The lowest BCUT2D eigenvalue weighted by molar-refractivity contribution is 0.121. The smallest absolute Gasteiger partial charge is 0.252 e. The van der Waals surface area contributed by atoms with Crippen LogP contribution in [0.25, 0.3) is 10.9 Å². The minimum atomic E-state index is -0.150. The zero-order valence-electron chi connectivity index (χ0n) is 20.5. The largest absolute Gasteiger partial charge is 0.497 e. The highest BCUT2D eigenvalue weighted by atomic mass is 16.5. The van der Waals surface area contributed by atoms with E-state index in [1.165, 1.54) is 0 Å². The molecule has 0 aliphatic heterocycles. The van der Waals surface area contributed by atoms with Crippen LogP contribution in [0, 0.1) is 5.92 Å². The van der Waals surface area contributed by atoms with Crippen LogP contribution in [0.2, 0.25) is 0 Å². The summed E-state index contributed by atoms with van der Waals surface area (Å²) in [6, 6.07) is 11.3. The third kappa shape index (κ3) is 5.72. The molecule has 1 aromatic carbocycles. The molecule has 1 unspecified atom stereocenters. The predicted octanol–water partition coefficient (Wildman–Crippen LogP) is 2.96. The molecule has 0 fully saturated rings. The Morgan fingerprint density at radius 2 is 2.00 bits per heavy atom. The number of benzene rings is 1. The van der Waals surface area contributed by atoms with Crippen molar-refractivity contribution in [2.45, 2.75) is 39.5 Å². The Labute approximate surface area is 203 Å². The van der Waals surface area contributed by atoms with Crippen molar-refractivity contribution >= 4 is 10.9 Å². The number of nitrogens with one attached hydrogen (secondary N) is 1. The summed E-state index contributed by atoms with van der Waals surface area (Å²) in [6.07, 6.45) is 3.59. The molecular formula is C25H31N7O3. The molecule has 184 valence electrons. The van der Waals surface area contributed by atoms with Gasteiger partial charge in [-0.2, -0.15) is 0 Å².